The number of benzene rings is 1. The summed E-state index contributed by atoms with van der Waals surface area (Å²) in [5.74, 6) is 0.609. The first-order chi connectivity index (χ1) is 6.27. The molecule has 0 spiro atoms. The van der Waals surface area contributed by atoms with E-state index in [1.54, 1.807) is 0 Å². The molecule has 2 heteroatoms. The third-order valence-electron chi connectivity index (χ3n) is 1.89. The van der Waals surface area contributed by atoms with Gasteiger partial charge in [0.05, 0.1) is 0 Å². The second kappa shape index (κ2) is 5.46. The number of allylic oxidation sites excluding steroid dienone is 1. The fourth-order valence-electron chi connectivity index (χ4n) is 1.05. The molecule has 13 heavy (non-hydrogen) atoms. The van der Waals surface area contributed by atoms with Crippen molar-refractivity contribution < 1.29 is 0 Å². The molecule has 0 amide bonds. The van der Waals surface area contributed by atoms with Gasteiger partial charge >= 0.3 is 0 Å². The zero-order valence-electron chi connectivity index (χ0n) is 7.56. The van der Waals surface area contributed by atoms with E-state index < -0.39 is 0 Å². The number of rotatable bonds is 3. The Hall–Kier alpha value is -0.270. The van der Waals surface area contributed by atoms with Crippen LogP contribution >= 0.6 is 27.5 Å². The number of alkyl halides is 1. The highest BCUT2D eigenvalue weighted by molar-refractivity contribution is 9.10. The third-order valence-corrected chi connectivity index (χ3v) is 2.96. The van der Waals surface area contributed by atoms with Gasteiger partial charge in [-0.05, 0) is 18.1 Å². The zero-order chi connectivity index (χ0) is 9.68. The molecule has 1 aromatic carbocycles. The Kier molecular flexibility index (Phi) is 4.54. The lowest BCUT2D eigenvalue weighted by Gasteiger charge is -2.01. The highest BCUT2D eigenvalue weighted by atomic mass is 79.9. The molecule has 0 fully saturated rings. The van der Waals surface area contributed by atoms with Gasteiger partial charge in [-0.25, -0.2) is 0 Å². The molecule has 0 saturated carbocycles. The predicted octanol–water partition coefficient (Wildman–Crippen LogP) is 4.48. The van der Waals surface area contributed by atoms with Gasteiger partial charge in [0.1, 0.15) is 0 Å². The van der Waals surface area contributed by atoms with Crippen molar-refractivity contribution in [3.8, 4) is 0 Å². The van der Waals surface area contributed by atoms with Crippen molar-refractivity contribution in [3.05, 3.63) is 39.9 Å². The molecule has 0 unspecified atom stereocenters. The Morgan fingerprint density at radius 2 is 2.15 bits per heavy atom. The Balaban J connectivity index is 2.95. The van der Waals surface area contributed by atoms with Crippen LogP contribution in [0.4, 0.5) is 0 Å². The summed E-state index contributed by atoms with van der Waals surface area (Å²) in [4.78, 5) is 0. The molecule has 70 valence electrons. The molecule has 0 aliphatic rings. The summed E-state index contributed by atoms with van der Waals surface area (Å²) >= 11 is 9.28. The van der Waals surface area contributed by atoms with E-state index in [2.05, 4.69) is 35.0 Å². The molecule has 0 aliphatic carbocycles. The minimum Gasteiger partial charge on any atom is -0.122 e. The van der Waals surface area contributed by atoms with E-state index in [9.17, 15) is 0 Å². The minimum atomic E-state index is 0.609. The van der Waals surface area contributed by atoms with Crippen molar-refractivity contribution in [3.63, 3.8) is 0 Å². The molecule has 0 aliphatic heterocycles. The lowest BCUT2D eigenvalue weighted by molar-refractivity contribution is 1.12. The quantitative estimate of drug-likeness (QED) is 0.702. The van der Waals surface area contributed by atoms with Gasteiger partial charge in [0.2, 0.25) is 0 Å². The van der Waals surface area contributed by atoms with Crippen LogP contribution in [0, 0.1) is 0 Å². The SMILES string of the molecule is CCC(=Cc1ccccc1Br)CCl. The summed E-state index contributed by atoms with van der Waals surface area (Å²) in [6, 6.07) is 8.14. The highest BCUT2D eigenvalue weighted by Gasteiger charge is 1.96. The number of halogens is 2. The molecule has 1 rings (SSSR count). The molecule has 0 radical (unpaired) electrons. The molecule has 0 bridgehead atoms. The van der Waals surface area contributed by atoms with Crippen molar-refractivity contribution in [2.45, 2.75) is 13.3 Å². The smallest absolute Gasteiger partial charge is 0.0436 e. The Morgan fingerprint density at radius 1 is 1.46 bits per heavy atom. The Labute approximate surface area is 92.7 Å². The van der Waals surface area contributed by atoms with Crippen LogP contribution in [-0.4, -0.2) is 5.88 Å². The van der Waals surface area contributed by atoms with E-state index in [0.29, 0.717) is 5.88 Å². The van der Waals surface area contributed by atoms with Crippen molar-refractivity contribution in [2.75, 3.05) is 5.88 Å². The van der Waals surface area contributed by atoms with Crippen molar-refractivity contribution >= 4 is 33.6 Å². The van der Waals surface area contributed by atoms with Crippen LogP contribution in [0.2, 0.25) is 0 Å². The summed E-state index contributed by atoms with van der Waals surface area (Å²) in [5, 5.41) is 0. The number of hydrogen-bond donors (Lipinski definition) is 0. The van der Waals surface area contributed by atoms with Gasteiger partial charge in [0, 0.05) is 10.4 Å². The third kappa shape index (κ3) is 3.17. The monoisotopic (exact) mass is 258 g/mol. The molecule has 0 N–H and O–H groups in total. The van der Waals surface area contributed by atoms with Crippen molar-refractivity contribution in [1.29, 1.82) is 0 Å². The van der Waals surface area contributed by atoms with Crippen LogP contribution in [0.3, 0.4) is 0 Å². The van der Waals surface area contributed by atoms with Gasteiger partial charge in [-0.3, -0.25) is 0 Å². The maximum atomic E-state index is 5.79. The summed E-state index contributed by atoms with van der Waals surface area (Å²) in [6.45, 7) is 2.12. The largest absolute Gasteiger partial charge is 0.122 e. The lowest BCUT2D eigenvalue weighted by Crippen LogP contribution is -1.83. The zero-order valence-corrected chi connectivity index (χ0v) is 9.90. The van der Waals surface area contributed by atoms with Crippen LogP contribution in [0.15, 0.2) is 34.3 Å². The van der Waals surface area contributed by atoms with Crippen LogP contribution in [0.25, 0.3) is 6.08 Å². The van der Waals surface area contributed by atoms with Crippen molar-refractivity contribution in [1.82, 2.24) is 0 Å². The van der Waals surface area contributed by atoms with E-state index in [0.717, 1.165) is 10.9 Å². The molecule has 0 saturated heterocycles. The molecule has 0 atom stereocenters. The van der Waals surface area contributed by atoms with E-state index in [4.69, 9.17) is 11.6 Å². The maximum absolute atomic E-state index is 5.79. The van der Waals surface area contributed by atoms with Gasteiger partial charge < -0.3 is 0 Å². The lowest BCUT2D eigenvalue weighted by atomic mass is 10.1. The molecule has 0 aromatic heterocycles. The fourth-order valence-corrected chi connectivity index (χ4v) is 1.71. The van der Waals surface area contributed by atoms with Gasteiger partial charge in [-0.1, -0.05) is 52.7 Å². The van der Waals surface area contributed by atoms with E-state index >= 15 is 0 Å². The summed E-state index contributed by atoms with van der Waals surface area (Å²) in [5.41, 5.74) is 2.45. The summed E-state index contributed by atoms with van der Waals surface area (Å²) in [6.07, 6.45) is 3.14. The molecular weight excluding hydrogens is 247 g/mol. The molecular formula is C11H12BrCl. The fraction of sp³-hybridized carbons (Fsp3) is 0.273. The van der Waals surface area contributed by atoms with Gasteiger partial charge in [0.25, 0.3) is 0 Å². The second-order valence-corrected chi connectivity index (χ2v) is 3.93. The Bertz CT molecular complexity index is 299. The first-order valence-corrected chi connectivity index (χ1v) is 5.60. The summed E-state index contributed by atoms with van der Waals surface area (Å²) < 4.78 is 1.12. The topological polar surface area (TPSA) is 0 Å². The van der Waals surface area contributed by atoms with Crippen LogP contribution in [-0.2, 0) is 0 Å². The van der Waals surface area contributed by atoms with Crippen LogP contribution in [0.1, 0.15) is 18.9 Å². The van der Waals surface area contributed by atoms with Gasteiger partial charge in [0.15, 0.2) is 0 Å². The van der Waals surface area contributed by atoms with E-state index in [1.165, 1.54) is 11.1 Å². The van der Waals surface area contributed by atoms with Gasteiger partial charge in [-0.15, -0.1) is 11.6 Å². The molecule has 1 aromatic rings. The maximum Gasteiger partial charge on any atom is 0.0436 e. The first kappa shape index (κ1) is 10.8. The highest BCUT2D eigenvalue weighted by Crippen LogP contribution is 2.20. The molecule has 0 nitrogen and oxygen atoms in total. The van der Waals surface area contributed by atoms with E-state index in [-0.39, 0.29) is 0 Å². The predicted molar refractivity (Wildman–Crippen MR) is 63.1 cm³/mol. The van der Waals surface area contributed by atoms with Crippen LogP contribution in [0.5, 0.6) is 0 Å². The normalized spacial score (nSPS) is 11.8. The average Bonchev–Trinajstić information content (AvgIpc) is 2.17. The second-order valence-electron chi connectivity index (χ2n) is 2.81. The van der Waals surface area contributed by atoms with Gasteiger partial charge in [-0.2, -0.15) is 0 Å². The summed E-state index contributed by atoms with van der Waals surface area (Å²) in [7, 11) is 0. The van der Waals surface area contributed by atoms with Crippen LogP contribution < -0.4 is 0 Å². The van der Waals surface area contributed by atoms with Crippen molar-refractivity contribution in [2.24, 2.45) is 0 Å². The first-order valence-electron chi connectivity index (χ1n) is 4.28. The number of hydrogen-bond acceptors (Lipinski definition) is 0. The van der Waals surface area contributed by atoms with E-state index in [1.807, 2.05) is 18.2 Å². The average molecular weight is 260 g/mol. The minimum absolute atomic E-state index is 0.609. The Morgan fingerprint density at radius 3 is 2.69 bits per heavy atom. The standard InChI is InChI=1S/C11H12BrCl/c1-2-9(8-13)7-10-5-3-4-6-11(10)12/h3-7H,2,8H2,1H3. The molecule has 0 heterocycles.